The minimum absolute atomic E-state index is 0.122. The Morgan fingerprint density at radius 2 is 2.16 bits per heavy atom. The first kappa shape index (κ1) is 14.2. The highest BCUT2D eigenvalue weighted by Gasteiger charge is 2.31. The molecular formula is C13H18N2O3S. The lowest BCUT2D eigenvalue weighted by molar-refractivity contribution is 0.152. The van der Waals surface area contributed by atoms with E-state index in [9.17, 15) is 9.90 Å². The van der Waals surface area contributed by atoms with Gasteiger partial charge in [0, 0.05) is 6.54 Å². The molecule has 2 unspecified atom stereocenters. The third-order valence-corrected chi connectivity index (χ3v) is 3.92. The summed E-state index contributed by atoms with van der Waals surface area (Å²) in [5, 5.41) is 14.8. The van der Waals surface area contributed by atoms with Crippen LogP contribution >= 0.6 is 11.8 Å². The van der Waals surface area contributed by atoms with Gasteiger partial charge in [-0.25, -0.2) is 0 Å². The fourth-order valence-corrected chi connectivity index (χ4v) is 2.76. The molecule has 1 fully saturated rings. The maximum atomic E-state index is 11.1. The van der Waals surface area contributed by atoms with Crippen LogP contribution in [0, 0.1) is 0 Å². The molecule has 5 nitrogen and oxygen atoms in total. The molecule has 0 aliphatic carbocycles. The number of hydrogen-bond donors (Lipinski definition) is 3. The maximum absolute atomic E-state index is 11.1. The van der Waals surface area contributed by atoms with Crippen molar-refractivity contribution >= 4 is 17.0 Å². The van der Waals surface area contributed by atoms with Crippen molar-refractivity contribution in [3.8, 4) is 5.75 Å². The van der Waals surface area contributed by atoms with Crippen LogP contribution in [0.15, 0.2) is 24.3 Å². The van der Waals surface area contributed by atoms with Gasteiger partial charge in [0.15, 0.2) is 0 Å². The highest BCUT2D eigenvalue weighted by atomic mass is 32.2. The molecule has 0 aromatic heterocycles. The SMILES string of the molecule is CNCCOc1ccc(CC2SC(=O)NC2O)cc1. The molecule has 1 saturated heterocycles. The molecule has 19 heavy (non-hydrogen) atoms. The second-order valence-electron chi connectivity index (χ2n) is 4.33. The lowest BCUT2D eigenvalue weighted by Gasteiger charge is -2.12. The number of likely N-dealkylation sites (N-methyl/N-ethyl adjacent to an activating group) is 1. The number of nitrogens with one attached hydrogen (secondary N) is 2. The van der Waals surface area contributed by atoms with E-state index in [1.165, 1.54) is 0 Å². The van der Waals surface area contributed by atoms with Gasteiger partial charge in [-0.2, -0.15) is 0 Å². The molecular weight excluding hydrogens is 264 g/mol. The monoisotopic (exact) mass is 282 g/mol. The van der Waals surface area contributed by atoms with Crippen molar-refractivity contribution in [2.24, 2.45) is 0 Å². The fourth-order valence-electron chi connectivity index (χ4n) is 1.83. The first-order valence-electron chi connectivity index (χ1n) is 6.20. The van der Waals surface area contributed by atoms with Gasteiger partial charge in [0.1, 0.15) is 18.6 Å². The zero-order valence-electron chi connectivity index (χ0n) is 10.8. The van der Waals surface area contributed by atoms with Gasteiger partial charge >= 0.3 is 0 Å². The Balaban J connectivity index is 1.86. The molecule has 1 aliphatic heterocycles. The number of hydrogen-bond acceptors (Lipinski definition) is 5. The van der Waals surface area contributed by atoms with Crippen LogP contribution in [0.4, 0.5) is 4.79 Å². The van der Waals surface area contributed by atoms with Gasteiger partial charge in [-0.05, 0) is 31.2 Å². The van der Waals surface area contributed by atoms with Crippen LogP contribution in [0.3, 0.4) is 0 Å². The van der Waals surface area contributed by atoms with Crippen LogP contribution in [0.2, 0.25) is 0 Å². The van der Waals surface area contributed by atoms with Gasteiger partial charge in [0.25, 0.3) is 5.24 Å². The number of amides is 1. The molecule has 2 rings (SSSR count). The summed E-state index contributed by atoms with van der Waals surface area (Å²) in [7, 11) is 1.88. The van der Waals surface area contributed by atoms with E-state index in [-0.39, 0.29) is 10.5 Å². The Kier molecular flexibility index (Phi) is 5.07. The van der Waals surface area contributed by atoms with Crippen molar-refractivity contribution in [2.45, 2.75) is 17.9 Å². The number of aliphatic hydroxyl groups is 1. The van der Waals surface area contributed by atoms with Crippen LogP contribution in [0.5, 0.6) is 5.75 Å². The Labute approximate surface area is 116 Å². The van der Waals surface area contributed by atoms with Crippen LogP contribution in [-0.2, 0) is 6.42 Å². The minimum Gasteiger partial charge on any atom is -0.492 e. The number of carbonyl (C=O) groups excluding carboxylic acids is 1. The van der Waals surface area contributed by atoms with Crippen molar-refractivity contribution in [3.63, 3.8) is 0 Å². The van der Waals surface area contributed by atoms with E-state index < -0.39 is 6.23 Å². The summed E-state index contributed by atoms with van der Waals surface area (Å²) < 4.78 is 5.53. The van der Waals surface area contributed by atoms with Crippen LogP contribution in [0.1, 0.15) is 5.56 Å². The van der Waals surface area contributed by atoms with Gasteiger partial charge < -0.3 is 20.5 Å². The topological polar surface area (TPSA) is 70.6 Å². The third kappa shape index (κ3) is 4.12. The number of carbonyl (C=O) groups is 1. The van der Waals surface area contributed by atoms with Crippen LogP contribution in [0.25, 0.3) is 0 Å². The highest BCUT2D eigenvalue weighted by molar-refractivity contribution is 8.14. The van der Waals surface area contributed by atoms with E-state index in [1.54, 1.807) is 0 Å². The lowest BCUT2D eigenvalue weighted by Crippen LogP contribution is -2.31. The zero-order valence-corrected chi connectivity index (χ0v) is 11.6. The number of rotatable bonds is 6. The van der Waals surface area contributed by atoms with Crippen molar-refractivity contribution < 1.29 is 14.6 Å². The average molecular weight is 282 g/mol. The summed E-state index contributed by atoms with van der Waals surface area (Å²) in [5.74, 6) is 0.827. The molecule has 2 atom stereocenters. The second kappa shape index (κ2) is 6.79. The van der Waals surface area contributed by atoms with Crippen molar-refractivity contribution in [1.29, 1.82) is 0 Å². The largest absolute Gasteiger partial charge is 0.492 e. The second-order valence-corrected chi connectivity index (χ2v) is 5.55. The number of benzene rings is 1. The van der Waals surface area contributed by atoms with Crippen LogP contribution < -0.4 is 15.4 Å². The molecule has 104 valence electrons. The quantitative estimate of drug-likeness (QED) is 0.678. The highest BCUT2D eigenvalue weighted by Crippen LogP contribution is 2.26. The summed E-state index contributed by atoms with van der Waals surface area (Å²) >= 11 is 1.15. The Hall–Kier alpha value is -1.24. The Morgan fingerprint density at radius 1 is 1.42 bits per heavy atom. The van der Waals surface area contributed by atoms with Crippen molar-refractivity contribution in [1.82, 2.24) is 10.6 Å². The molecule has 0 spiro atoms. The Morgan fingerprint density at radius 3 is 2.74 bits per heavy atom. The smallest absolute Gasteiger partial charge is 0.281 e. The maximum Gasteiger partial charge on any atom is 0.281 e. The molecule has 6 heteroatoms. The van der Waals surface area contributed by atoms with E-state index in [1.807, 2.05) is 31.3 Å². The molecule has 1 aromatic carbocycles. The zero-order chi connectivity index (χ0) is 13.7. The normalized spacial score (nSPS) is 22.3. The van der Waals surface area contributed by atoms with Crippen LogP contribution in [-0.4, -0.2) is 42.0 Å². The van der Waals surface area contributed by atoms with Gasteiger partial charge in [-0.1, -0.05) is 23.9 Å². The third-order valence-electron chi connectivity index (χ3n) is 2.86. The summed E-state index contributed by atoms with van der Waals surface area (Å²) in [4.78, 5) is 11.1. The minimum atomic E-state index is -0.760. The van der Waals surface area contributed by atoms with E-state index >= 15 is 0 Å². The average Bonchev–Trinajstić information content (AvgIpc) is 2.70. The first-order valence-corrected chi connectivity index (χ1v) is 7.08. The number of thioether (sulfide) groups is 1. The standard InChI is InChI=1S/C13H18N2O3S/c1-14-6-7-18-10-4-2-9(3-5-10)8-11-12(16)15-13(17)19-11/h2-5,11-12,14,16H,6-8H2,1H3,(H,15,17). The molecule has 0 saturated carbocycles. The van der Waals surface area contributed by atoms with Gasteiger partial charge in [-0.15, -0.1) is 0 Å². The van der Waals surface area contributed by atoms with E-state index in [4.69, 9.17) is 4.74 Å². The summed E-state index contributed by atoms with van der Waals surface area (Å²) in [6.07, 6.45) is -0.106. The van der Waals surface area contributed by atoms with Crippen molar-refractivity contribution in [3.05, 3.63) is 29.8 Å². The van der Waals surface area contributed by atoms with Gasteiger partial charge in [0.2, 0.25) is 0 Å². The van der Waals surface area contributed by atoms with Gasteiger partial charge in [0.05, 0.1) is 5.25 Å². The molecule has 1 heterocycles. The number of ether oxygens (including phenoxy) is 1. The van der Waals surface area contributed by atoms with E-state index in [0.717, 1.165) is 29.6 Å². The molecule has 1 aliphatic rings. The van der Waals surface area contributed by atoms with Gasteiger partial charge in [-0.3, -0.25) is 4.79 Å². The molecule has 1 amide bonds. The molecule has 0 radical (unpaired) electrons. The lowest BCUT2D eigenvalue weighted by atomic mass is 10.1. The summed E-state index contributed by atoms with van der Waals surface area (Å²) in [5.41, 5.74) is 1.08. The van der Waals surface area contributed by atoms with E-state index in [2.05, 4.69) is 10.6 Å². The predicted octanol–water partition coefficient (Wildman–Crippen LogP) is 0.971. The van der Waals surface area contributed by atoms with E-state index in [0.29, 0.717) is 13.0 Å². The fraction of sp³-hybridized carbons (Fsp3) is 0.462. The molecule has 0 bridgehead atoms. The summed E-state index contributed by atoms with van der Waals surface area (Å²) in [6, 6.07) is 7.74. The molecule has 3 N–H and O–H groups in total. The summed E-state index contributed by atoms with van der Waals surface area (Å²) in [6.45, 7) is 1.44. The predicted molar refractivity (Wildman–Crippen MR) is 75.5 cm³/mol. The Bertz CT molecular complexity index is 424. The molecule has 1 aromatic rings. The van der Waals surface area contributed by atoms with Crippen molar-refractivity contribution in [2.75, 3.05) is 20.2 Å². The first-order chi connectivity index (χ1) is 9.19. The number of aliphatic hydroxyl groups excluding tert-OH is 1.